The van der Waals surface area contributed by atoms with Crippen molar-refractivity contribution in [2.75, 3.05) is 18.6 Å². The molecule has 2 unspecified atom stereocenters. The highest BCUT2D eigenvalue weighted by atomic mass is 32.2. The van der Waals surface area contributed by atoms with Gasteiger partial charge < -0.3 is 15.7 Å². The van der Waals surface area contributed by atoms with Crippen molar-refractivity contribution in [1.29, 1.82) is 0 Å². The Bertz CT molecular complexity index is 293. The molecule has 0 radical (unpaired) electrons. The van der Waals surface area contributed by atoms with E-state index < -0.39 is 28.8 Å². The Kier molecular flexibility index (Phi) is 7.19. The number of hydrogen-bond donors (Lipinski definition) is 3. The fourth-order valence-electron chi connectivity index (χ4n) is 0.906. The minimum Gasteiger partial charge on any atom is -0.480 e. The van der Waals surface area contributed by atoms with Gasteiger partial charge >= 0.3 is 12.0 Å². The summed E-state index contributed by atoms with van der Waals surface area (Å²) in [6.07, 6.45) is 3.10. The normalized spacial score (nSPS) is 13.6. The third-order valence-electron chi connectivity index (χ3n) is 1.68. The van der Waals surface area contributed by atoms with E-state index in [0.717, 1.165) is 0 Å². The Morgan fingerprint density at radius 2 is 2.19 bits per heavy atom. The fourth-order valence-corrected chi connectivity index (χ4v) is 1.30. The molecule has 0 aliphatic carbocycles. The molecule has 0 aromatic rings. The highest BCUT2D eigenvalue weighted by Crippen LogP contribution is 1.92. The molecular weight excluding hydrogens is 232 g/mol. The third kappa shape index (κ3) is 6.99. The van der Waals surface area contributed by atoms with Crippen molar-refractivity contribution >= 4 is 22.8 Å². The van der Waals surface area contributed by atoms with Crippen LogP contribution in [0.4, 0.5) is 4.79 Å². The van der Waals surface area contributed by atoms with E-state index in [2.05, 4.69) is 17.2 Å². The monoisotopic (exact) mass is 248 g/mol. The van der Waals surface area contributed by atoms with E-state index >= 15 is 0 Å². The standard InChI is InChI=1S/C9H16N2O4S/c1-3-4-7(8(12)13)11-9(14)10-5-6-16(2)15/h3,7H,1,4-6H2,2H3,(H,12,13)(H2,10,11,14). The van der Waals surface area contributed by atoms with Gasteiger partial charge in [0.2, 0.25) is 0 Å². The van der Waals surface area contributed by atoms with Crippen LogP contribution in [0, 0.1) is 0 Å². The lowest BCUT2D eigenvalue weighted by atomic mass is 10.2. The van der Waals surface area contributed by atoms with Crippen molar-refractivity contribution in [3.63, 3.8) is 0 Å². The summed E-state index contributed by atoms with van der Waals surface area (Å²) in [7, 11) is -0.982. The summed E-state index contributed by atoms with van der Waals surface area (Å²) < 4.78 is 10.7. The number of aliphatic carboxylic acids is 1. The molecule has 6 nitrogen and oxygen atoms in total. The van der Waals surface area contributed by atoms with Crippen LogP contribution in [0.25, 0.3) is 0 Å². The Morgan fingerprint density at radius 1 is 1.56 bits per heavy atom. The van der Waals surface area contributed by atoms with Crippen LogP contribution in [0.5, 0.6) is 0 Å². The number of carbonyl (C=O) groups excluding carboxylic acids is 1. The lowest BCUT2D eigenvalue weighted by Crippen LogP contribution is -2.46. The predicted molar refractivity (Wildman–Crippen MR) is 61.7 cm³/mol. The Hall–Kier alpha value is -1.37. The SMILES string of the molecule is C=CCC(NC(=O)NCCS(C)=O)C(=O)O. The van der Waals surface area contributed by atoms with Crippen LogP contribution >= 0.6 is 0 Å². The number of carboxylic acids is 1. The third-order valence-corrected chi connectivity index (χ3v) is 2.46. The summed E-state index contributed by atoms with van der Waals surface area (Å²) in [5.74, 6) is -0.777. The number of carboxylic acid groups (broad SMARTS) is 1. The second-order valence-corrected chi connectivity index (χ2v) is 4.65. The van der Waals surface area contributed by atoms with Crippen LogP contribution in [0.3, 0.4) is 0 Å². The van der Waals surface area contributed by atoms with Gasteiger partial charge in [-0.1, -0.05) is 6.08 Å². The zero-order valence-corrected chi connectivity index (χ0v) is 9.88. The maximum atomic E-state index is 11.2. The number of hydrogen-bond acceptors (Lipinski definition) is 3. The van der Waals surface area contributed by atoms with E-state index in [1.807, 2.05) is 0 Å². The molecule has 0 aliphatic rings. The van der Waals surface area contributed by atoms with Gasteiger partial charge in [-0.3, -0.25) is 4.21 Å². The zero-order chi connectivity index (χ0) is 12.6. The van der Waals surface area contributed by atoms with E-state index in [1.165, 1.54) is 12.3 Å². The molecule has 0 rings (SSSR count). The maximum absolute atomic E-state index is 11.2. The molecule has 3 N–H and O–H groups in total. The van der Waals surface area contributed by atoms with Crippen LogP contribution in [-0.2, 0) is 15.6 Å². The second kappa shape index (κ2) is 7.86. The Balaban J connectivity index is 3.95. The van der Waals surface area contributed by atoms with Gasteiger partial charge in [0, 0.05) is 29.4 Å². The van der Waals surface area contributed by atoms with Crippen LogP contribution in [0.2, 0.25) is 0 Å². The van der Waals surface area contributed by atoms with Crippen LogP contribution < -0.4 is 10.6 Å². The molecule has 0 fully saturated rings. The summed E-state index contributed by atoms with van der Waals surface area (Å²) >= 11 is 0. The van der Waals surface area contributed by atoms with Gasteiger partial charge in [0.15, 0.2) is 0 Å². The van der Waals surface area contributed by atoms with Crippen molar-refractivity contribution in [1.82, 2.24) is 10.6 Å². The molecular formula is C9H16N2O4S. The Morgan fingerprint density at radius 3 is 2.62 bits per heavy atom. The quantitative estimate of drug-likeness (QED) is 0.539. The van der Waals surface area contributed by atoms with Gasteiger partial charge in [-0.15, -0.1) is 6.58 Å². The summed E-state index contributed by atoms with van der Waals surface area (Å²) in [6, 6.07) is -1.57. The van der Waals surface area contributed by atoms with Crippen molar-refractivity contribution in [2.24, 2.45) is 0 Å². The number of urea groups is 1. The van der Waals surface area contributed by atoms with Crippen molar-refractivity contribution in [2.45, 2.75) is 12.5 Å². The first-order chi connectivity index (χ1) is 7.47. The topological polar surface area (TPSA) is 95.5 Å². The van der Waals surface area contributed by atoms with Gasteiger partial charge in [-0.25, -0.2) is 9.59 Å². The molecule has 2 atom stereocenters. The lowest BCUT2D eigenvalue weighted by molar-refractivity contribution is -0.139. The van der Waals surface area contributed by atoms with Crippen molar-refractivity contribution < 1.29 is 18.9 Å². The Labute approximate surface area is 96.6 Å². The molecule has 0 aromatic heterocycles. The molecule has 16 heavy (non-hydrogen) atoms. The van der Waals surface area contributed by atoms with Gasteiger partial charge in [0.25, 0.3) is 0 Å². The van der Waals surface area contributed by atoms with Crippen molar-refractivity contribution in [3.05, 3.63) is 12.7 Å². The molecule has 7 heteroatoms. The van der Waals surface area contributed by atoms with Gasteiger partial charge in [0.1, 0.15) is 6.04 Å². The molecule has 0 saturated carbocycles. The molecule has 92 valence electrons. The average Bonchev–Trinajstić information content (AvgIpc) is 2.16. The summed E-state index contributed by atoms with van der Waals surface area (Å²) in [5, 5.41) is 13.4. The zero-order valence-electron chi connectivity index (χ0n) is 9.06. The lowest BCUT2D eigenvalue weighted by Gasteiger charge is -2.12. The number of nitrogens with one attached hydrogen (secondary N) is 2. The van der Waals surface area contributed by atoms with Crippen LogP contribution in [0.1, 0.15) is 6.42 Å². The average molecular weight is 248 g/mol. The summed E-state index contributed by atoms with van der Waals surface area (Å²) in [4.78, 5) is 21.9. The molecule has 0 saturated heterocycles. The van der Waals surface area contributed by atoms with E-state index in [-0.39, 0.29) is 13.0 Å². The van der Waals surface area contributed by atoms with E-state index in [1.54, 1.807) is 0 Å². The summed E-state index contributed by atoms with van der Waals surface area (Å²) in [5.41, 5.74) is 0. The minimum atomic E-state index is -1.12. The van der Waals surface area contributed by atoms with Crippen molar-refractivity contribution in [3.8, 4) is 0 Å². The first kappa shape index (κ1) is 14.6. The molecule has 0 heterocycles. The van der Waals surface area contributed by atoms with Gasteiger partial charge in [-0.05, 0) is 6.42 Å². The summed E-state index contributed by atoms with van der Waals surface area (Å²) in [6.45, 7) is 3.65. The van der Waals surface area contributed by atoms with Gasteiger partial charge in [-0.2, -0.15) is 0 Å². The fraction of sp³-hybridized carbons (Fsp3) is 0.556. The molecule has 0 spiro atoms. The molecule has 0 aliphatic heterocycles. The molecule has 0 bridgehead atoms. The molecule has 2 amide bonds. The second-order valence-electron chi connectivity index (χ2n) is 3.09. The van der Waals surface area contributed by atoms with E-state index in [9.17, 15) is 13.8 Å². The van der Waals surface area contributed by atoms with Gasteiger partial charge in [0.05, 0.1) is 0 Å². The first-order valence-corrected chi connectivity index (χ1v) is 6.38. The maximum Gasteiger partial charge on any atom is 0.326 e. The highest BCUT2D eigenvalue weighted by molar-refractivity contribution is 7.84. The molecule has 0 aromatic carbocycles. The predicted octanol–water partition coefficient (Wildman–Crippen LogP) is -0.307. The minimum absolute atomic E-state index is 0.155. The van der Waals surface area contributed by atoms with E-state index in [0.29, 0.717) is 5.75 Å². The number of rotatable bonds is 7. The largest absolute Gasteiger partial charge is 0.480 e. The number of carbonyl (C=O) groups is 2. The highest BCUT2D eigenvalue weighted by Gasteiger charge is 2.17. The smallest absolute Gasteiger partial charge is 0.326 e. The van der Waals surface area contributed by atoms with Crippen LogP contribution in [0.15, 0.2) is 12.7 Å². The first-order valence-electron chi connectivity index (χ1n) is 4.65. The van der Waals surface area contributed by atoms with E-state index in [4.69, 9.17) is 5.11 Å². The number of amides is 2. The van der Waals surface area contributed by atoms with Crippen LogP contribution in [-0.4, -0.2) is 45.9 Å².